The highest BCUT2D eigenvalue weighted by Crippen LogP contribution is 2.25. The first-order valence-corrected chi connectivity index (χ1v) is 8.43. The molecule has 128 valence electrons. The Morgan fingerprint density at radius 1 is 1.17 bits per heavy atom. The van der Waals surface area contributed by atoms with Crippen LogP contribution in [0.25, 0.3) is 5.57 Å². The van der Waals surface area contributed by atoms with Crippen LogP contribution in [0.3, 0.4) is 0 Å². The smallest absolute Gasteiger partial charge is 0.115 e. The third-order valence-corrected chi connectivity index (χ3v) is 4.76. The molecule has 0 aliphatic carbocycles. The molecule has 2 heterocycles. The lowest BCUT2D eigenvalue weighted by atomic mass is 9.99. The van der Waals surface area contributed by atoms with Gasteiger partial charge in [0.15, 0.2) is 0 Å². The van der Waals surface area contributed by atoms with Crippen molar-refractivity contribution in [3.8, 4) is 5.75 Å². The van der Waals surface area contributed by atoms with E-state index in [0.717, 1.165) is 37.4 Å². The second kappa shape index (κ2) is 7.20. The van der Waals surface area contributed by atoms with Gasteiger partial charge in [0.2, 0.25) is 0 Å². The summed E-state index contributed by atoms with van der Waals surface area (Å²) >= 11 is 0. The SMILES string of the molecule is Cc1nn(CCO)c(C)c1CN1CC=C(c2ccc(O)cc2)CC1. The van der Waals surface area contributed by atoms with Crippen molar-refractivity contribution in [1.82, 2.24) is 14.7 Å². The molecule has 0 fully saturated rings. The van der Waals surface area contributed by atoms with Gasteiger partial charge in [-0.3, -0.25) is 9.58 Å². The van der Waals surface area contributed by atoms with Crippen molar-refractivity contribution in [2.75, 3.05) is 19.7 Å². The molecule has 0 amide bonds. The first kappa shape index (κ1) is 16.7. The van der Waals surface area contributed by atoms with Crippen LogP contribution in [-0.4, -0.2) is 44.6 Å². The van der Waals surface area contributed by atoms with E-state index in [-0.39, 0.29) is 6.61 Å². The van der Waals surface area contributed by atoms with Crippen LogP contribution in [0.4, 0.5) is 0 Å². The molecule has 2 aromatic rings. The van der Waals surface area contributed by atoms with Gasteiger partial charge in [0, 0.05) is 30.9 Å². The number of phenols is 1. The average molecular weight is 327 g/mol. The monoisotopic (exact) mass is 327 g/mol. The zero-order valence-electron chi connectivity index (χ0n) is 14.4. The van der Waals surface area contributed by atoms with E-state index in [0.29, 0.717) is 12.3 Å². The zero-order valence-corrected chi connectivity index (χ0v) is 14.4. The van der Waals surface area contributed by atoms with Gasteiger partial charge in [-0.1, -0.05) is 18.2 Å². The van der Waals surface area contributed by atoms with E-state index in [1.54, 1.807) is 12.1 Å². The Bertz CT molecular complexity index is 732. The van der Waals surface area contributed by atoms with Crippen molar-refractivity contribution in [1.29, 1.82) is 0 Å². The highest BCUT2D eigenvalue weighted by atomic mass is 16.3. The van der Waals surface area contributed by atoms with Crippen LogP contribution in [0.2, 0.25) is 0 Å². The minimum absolute atomic E-state index is 0.115. The van der Waals surface area contributed by atoms with E-state index in [2.05, 4.69) is 23.0 Å². The summed E-state index contributed by atoms with van der Waals surface area (Å²) in [5.41, 5.74) is 6.00. The normalized spacial score (nSPS) is 15.5. The van der Waals surface area contributed by atoms with Gasteiger partial charge in [0.1, 0.15) is 5.75 Å². The summed E-state index contributed by atoms with van der Waals surface area (Å²) in [6.07, 6.45) is 3.28. The van der Waals surface area contributed by atoms with Crippen LogP contribution in [-0.2, 0) is 13.1 Å². The summed E-state index contributed by atoms with van der Waals surface area (Å²) in [6.45, 7) is 7.60. The summed E-state index contributed by atoms with van der Waals surface area (Å²) in [7, 11) is 0. The molecule has 0 atom stereocenters. The van der Waals surface area contributed by atoms with Gasteiger partial charge in [-0.05, 0) is 43.5 Å². The van der Waals surface area contributed by atoms with E-state index in [1.165, 1.54) is 16.7 Å². The van der Waals surface area contributed by atoms with Crippen molar-refractivity contribution < 1.29 is 10.2 Å². The van der Waals surface area contributed by atoms with Crippen LogP contribution < -0.4 is 0 Å². The van der Waals surface area contributed by atoms with Gasteiger partial charge < -0.3 is 10.2 Å². The molecule has 1 aromatic heterocycles. The highest BCUT2D eigenvalue weighted by molar-refractivity contribution is 5.67. The average Bonchev–Trinajstić information content (AvgIpc) is 2.84. The Labute approximate surface area is 142 Å². The number of hydrogen-bond acceptors (Lipinski definition) is 4. The maximum Gasteiger partial charge on any atom is 0.115 e. The Balaban J connectivity index is 1.68. The van der Waals surface area contributed by atoms with E-state index >= 15 is 0 Å². The van der Waals surface area contributed by atoms with E-state index in [4.69, 9.17) is 5.11 Å². The first-order valence-electron chi connectivity index (χ1n) is 8.43. The molecule has 1 aromatic carbocycles. The number of aryl methyl sites for hydroxylation is 1. The van der Waals surface area contributed by atoms with Gasteiger partial charge in [-0.15, -0.1) is 0 Å². The number of nitrogens with zero attached hydrogens (tertiary/aromatic N) is 3. The van der Waals surface area contributed by atoms with Crippen molar-refractivity contribution in [2.24, 2.45) is 0 Å². The van der Waals surface area contributed by atoms with Crippen LogP contribution in [0.5, 0.6) is 5.75 Å². The number of rotatable bonds is 5. The molecule has 0 unspecified atom stereocenters. The molecule has 0 spiro atoms. The molecule has 0 saturated carbocycles. The molecule has 5 heteroatoms. The third kappa shape index (κ3) is 3.52. The van der Waals surface area contributed by atoms with Gasteiger partial charge in [-0.25, -0.2) is 0 Å². The number of benzene rings is 1. The molecule has 2 N–H and O–H groups in total. The maximum absolute atomic E-state index is 9.40. The summed E-state index contributed by atoms with van der Waals surface area (Å²) in [6, 6.07) is 7.43. The molecular weight excluding hydrogens is 302 g/mol. The van der Waals surface area contributed by atoms with Gasteiger partial charge in [-0.2, -0.15) is 5.10 Å². The second-order valence-electron chi connectivity index (χ2n) is 6.36. The number of phenolic OH excluding ortho intramolecular Hbond substituents is 1. The number of aliphatic hydroxyl groups is 1. The molecule has 0 bridgehead atoms. The lowest BCUT2D eigenvalue weighted by molar-refractivity contribution is 0.267. The number of aliphatic hydroxyl groups excluding tert-OH is 1. The van der Waals surface area contributed by atoms with Crippen LogP contribution in [0.1, 0.15) is 28.9 Å². The fraction of sp³-hybridized carbons (Fsp3) is 0.421. The van der Waals surface area contributed by atoms with Gasteiger partial charge in [0.05, 0.1) is 18.8 Å². The quantitative estimate of drug-likeness (QED) is 0.886. The Hall–Kier alpha value is -2.11. The standard InChI is InChI=1S/C19H25N3O2/c1-14-19(15(2)22(20-14)11-12-23)13-21-9-7-17(8-10-21)16-3-5-18(24)6-4-16/h3-7,23-24H,8-13H2,1-2H3. The van der Waals surface area contributed by atoms with E-state index in [9.17, 15) is 5.11 Å². The van der Waals surface area contributed by atoms with Crippen molar-refractivity contribution in [2.45, 2.75) is 33.4 Å². The number of hydrogen-bond donors (Lipinski definition) is 2. The summed E-state index contributed by atoms with van der Waals surface area (Å²) < 4.78 is 1.90. The van der Waals surface area contributed by atoms with E-state index < -0.39 is 0 Å². The largest absolute Gasteiger partial charge is 0.508 e. The topological polar surface area (TPSA) is 61.5 Å². The Morgan fingerprint density at radius 3 is 2.54 bits per heavy atom. The molecule has 5 nitrogen and oxygen atoms in total. The van der Waals surface area contributed by atoms with Crippen LogP contribution >= 0.6 is 0 Å². The molecule has 1 aliphatic heterocycles. The lowest BCUT2D eigenvalue weighted by Gasteiger charge is -2.26. The zero-order chi connectivity index (χ0) is 17.1. The summed E-state index contributed by atoms with van der Waals surface area (Å²) in [5, 5.41) is 23.1. The van der Waals surface area contributed by atoms with Gasteiger partial charge >= 0.3 is 0 Å². The van der Waals surface area contributed by atoms with Crippen molar-refractivity contribution in [3.05, 3.63) is 52.9 Å². The van der Waals surface area contributed by atoms with E-state index in [1.807, 2.05) is 23.7 Å². The number of aromatic hydroxyl groups is 1. The fourth-order valence-corrected chi connectivity index (χ4v) is 3.29. The molecule has 3 rings (SSSR count). The highest BCUT2D eigenvalue weighted by Gasteiger charge is 2.18. The predicted octanol–water partition coefficient (Wildman–Crippen LogP) is 2.49. The Morgan fingerprint density at radius 2 is 1.92 bits per heavy atom. The molecule has 0 radical (unpaired) electrons. The predicted molar refractivity (Wildman–Crippen MR) is 94.8 cm³/mol. The van der Waals surface area contributed by atoms with Crippen molar-refractivity contribution in [3.63, 3.8) is 0 Å². The first-order chi connectivity index (χ1) is 11.6. The summed E-state index contributed by atoms with van der Waals surface area (Å²) in [4.78, 5) is 2.42. The van der Waals surface area contributed by atoms with Crippen LogP contribution in [0.15, 0.2) is 30.3 Å². The minimum atomic E-state index is 0.115. The van der Waals surface area contributed by atoms with Crippen molar-refractivity contribution >= 4 is 5.57 Å². The fourth-order valence-electron chi connectivity index (χ4n) is 3.29. The lowest BCUT2D eigenvalue weighted by Crippen LogP contribution is -2.28. The van der Waals surface area contributed by atoms with Gasteiger partial charge in [0.25, 0.3) is 0 Å². The third-order valence-electron chi connectivity index (χ3n) is 4.76. The Kier molecular flexibility index (Phi) is 5.02. The molecule has 24 heavy (non-hydrogen) atoms. The minimum Gasteiger partial charge on any atom is -0.508 e. The van der Waals surface area contributed by atoms with Crippen LogP contribution in [0, 0.1) is 13.8 Å². The second-order valence-corrected chi connectivity index (χ2v) is 6.36. The summed E-state index contributed by atoms with van der Waals surface area (Å²) in [5.74, 6) is 0.308. The number of aromatic nitrogens is 2. The maximum atomic E-state index is 9.40. The molecular formula is C19H25N3O2. The molecule has 0 saturated heterocycles. The molecule has 1 aliphatic rings.